The molecule has 0 bridgehead atoms. The predicted molar refractivity (Wildman–Crippen MR) is 73.4 cm³/mol. The zero-order valence-corrected chi connectivity index (χ0v) is 11.6. The third-order valence-corrected chi connectivity index (χ3v) is 2.49. The molecule has 0 aliphatic carbocycles. The summed E-state index contributed by atoms with van der Waals surface area (Å²) < 4.78 is 18.3. The van der Waals surface area contributed by atoms with Gasteiger partial charge in [0.25, 0.3) is 0 Å². The highest BCUT2D eigenvalue weighted by atomic mass is 19.1. The summed E-state index contributed by atoms with van der Waals surface area (Å²) in [6.45, 7) is 6.18. The van der Waals surface area contributed by atoms with E-state index in [4.69, 9.17) is 4.74 Å². The van der Waals surface area contributed by atoms with Crippen LogP contribution >= 0.6 is 0 Å². The molecular weight excluding hydrogens is 245 g/mol. The Morgan fingerprint density at radius 1 is 1.42 bits per heavy atom. The number of ether oxygens (including phenoxy) is 1. The summed E-state index contributed by atoms with van der Waals surface area (Å²) in [6.07, 6.45) is 1.01. The molecule has 0 aromatic heterocycles. The molecular formula is C15H22FNO2. The van der Waals surface area contributed by atoms with E-state index in [0.717, 1.165) is 13.0 Å². The summed E-state index contributed by atoms with van der Waals surface area (Å²) in [5.41, 5.74) is 0.688. The lowest BCUT2D eigenvalue weighted by Crippen LogP contribution is -2.27. The SMILES string of the molecule is CC(C)COCCCNC(=O)Cc1cccc(F)c1. The standard InChI is InChI=1S/C15H22FNO2/c1-12(2)11-19-8-4-7-17-15(18)10-13-5-3-6-14(16)9-13/h3,5-6,9,12H,4,7-8,10-11H2,1-2H3,(H,17,18). The van der Waals surface area contributed by atoms with E-state index in [1.165, 1.54) is 12.1 Å². The first-order chi connectivity index (χ1) is 9.08. The lowest BCUT2D eigenvalue weighted by Gasteiger charge is -2.08. The molecule has 0 aliphatic heterocycles. The lowest BCUT2D eigenvalue weighted by molar-refractivity contribution is -0.120. The summed E-state index contributed by atoms with van der Waals surface area (Å²) in [5, 5.41) is 2.80. The number of carbonyl (C=O) groups excluding carboxylic acids is 1. The van der Waals surface area contributed by atoms with Crippen LogP contribution in [0.3, 0.4) is 0 Å². The second-order valence-electron chi connectivity index (χ2n) is 4.98. The minimum Gasteiger partial charge on any atom is -0.381 e. The van der Waals surface area contributed by atoms with Crippen molar-refractivity contribution < 1.29 is 13.9 Å². The van der Waals surface area contributed by atoms with Gasteiger partial charge in [-0.3, -0.25) is 4.79 Å². The average molecular weight is 267 g/mol. The van der Waals surface area contributed by atoms with Gasteiger partial charge in [-0.2, -0.15) is 0 Å². The van der Waals surface area contributed by atoms with Crippen LogP contribution in [0.5, 0.6) is 0 Å². The van der Waals surface area contributed by atoms with E-state index in [-0.39, 0.29) is 18.1 Å². The van der Waals surface area contributed by atoms with E-state index in [9.17, 15) is 9.18 Å². The molecule has 0 saturated carbocycles. The van der Waals surface area contributed by atoms with Gasteiger partial charge in [-0.05, 0) is 30.0 Å². The molecule has 1 aromatic carbocycles. The number of hydrogen-bond donors (Lipinski definition) is 1. The molecule has 0 atom stereocenters. The van der Waals surface area contributed by atoms with Crippen molar-refractivity contribution in [2.24, 2.45) is 5.92 Å². The quantitative estimate of drug-likeness (QED) is 0.735. The minimum absolute atomic E-state index is 0.0885. The Hall–Kier alpha value is -1.42. The fourth-order valence-electron chi connectivity index (χ4n) is 1.62. The van der Waals surface area contributed by atoms with E-state index < -0.39 is 0 Å². The smallest absolute Gasteiger partial charge is 0.224 e. The fourth-order valence-corrected chi connectivity index (χ4v) is 1.62. The lowest BCUT2D eigenvalue weighted by atomic mass is 10.1. The monoisotopic (exact) mass is 267 g/mol. The van der Waals surface area contributed by atoms with Crippen molar-refractivity contribution >= 4 is 5.91 Å². The zero-order valence-electron chi connectivity index (χ0n) is 11.6. The van der Waals surface area contributed by atoms with Gasteiger partial charge in [0, 0.05) is 19.8 Å². The Bertz CT molecular complexity index is 393. The highest BCUT2D eigenvalue weighted by Crippen LogP contribution is 2.04. The van der Waals surface area contributed by atoms with Crippen LogP contribution in [0.2, 0.25) is 0 Å². The van der Waals surface area contributed by atoms with Gasteiger partial charge < -0.3 is 10.1 Å². The maximum Gasteiger partial charge on any atom is 0.224 e. The van der Waals surface area contributed by atoms with Crippen molar-refractivity contribution in [1.82, 2.24) is 5.32 Å². The van der Waals surface area contributed by atoms with Gasteiger partial charge >= 0.3 is 0 Å². The second-order valence-corrected chi connectivity index (χ2v) is 4.98. The van der Waals surface area contributed by atoms with Gasteiger partial charge in [0.2, 0.25) is 5.91 Å². The molecule has 106 valence electrons. The zero-order chi connectivity index (χ0) is 14.1. The van der Waals surface area contributed by atoms with Gasteiger partial charge in [-0.15, -0.1) is 0 Å². The number of benzene rings is 1. The van der Waals surface area contributed by atoms with Crippen LogP contribution in [0.15, 0.2) is 24.3 Å². The van der Waals surface area contributed by atoms with Crippen molar-refractivity contribution in [3.63, 3.8) is 0 Å². The van der Waals surface area contributed by atoms with Crippen LogP contribution in [-0.4, -0.2) is 25.7 Å². The topological polar surface area (TPSA) is 38.3 Å². The van der Waals surface area contributed by atoms with E-state index in [1.54, 1.807) is 12.1 Å². The van der Waals surface area contributed by atoms with Crippen molar-refractivity contribution in [1.29, 1.82) is 0 Å². The van der Waals surface area contributed by atoms with Gasteiger partial charge in [-0.25, -0.2) is 4.39 Å². The van der Waals surface area contributed by atoms with Crippen molar-refractivity contribution in [3.05, 3.63) is 35.6 Å². The molecule has 0 fully saturated rings. The summed E-state index contributed by atoms with van der Waals surface area (Å²) in [4.78, 5) is 11.6. The molecule has 3 nitrogen and oxygen atoms in total. The first kappa shape index (κ1) is 15.6. The first-order valence-corrected chi connectivity index (χ1v) is 6.67. The van der Waals surface area contributed by atoms with Crippen LogP contribution in [0, 0.1) is 11.7 Å². The Kier molecular flexibility index (Phi) is 7.11. The molecule has 19 heavy (non-hydrogen) atoms. The summed E-state index contributed by atoms with van der Waals surface area (Å²) in [5.74, 6) is 0.129. The molecule has 1 aromatic rings. The number of hydrogen-bond acceptors (Lipinski definition) is 2. The molecule has 1 amide bonds. The van der Waals surface area contributed by atoms with Crippen LogP contribution in [0.25, 0.3) is 0 Å². The van der Waals surface area contributed by atoms with Crippen LogP contribution in [-0.2, 0) is 16.0 Å². The van der Waals surface area contributed by atoms with E-state index in [1.807, 2.05) is 0 Å². The largest absolute Gasteiger partial charge is 0.381 e. The average Bonchev–Trinajstić information content (AvgIpc) is 2.33. The highest BCUT2D eigenvalue weighted by Gasteiger charge is 2.03. The first-order valence-electron chi connectivity index (χ1n) is 6.67. The number of carbonyl (C=O) groups is 1. The van der Waals surface area contributed by atoms with Gasteiger partial charge in [0.05, 0.1) is 6.42 Å². The third-order valence-electron chi connectivity index (χ3n) is 2.49. The molecule has 4 heteroatoms. The molecule has 0 aliphatic rings. The molecule has 1 rings (SSSR count). The molecule has 0 saturated heterocycles. The van der Waals surface area contributed by atoms with Crippen LogP contribution in [0.1, 0.15) is 25.8 Å². The van der Waals surface area contributed by atoms with Crippen molar-refractivity contribution in [2.45, 2.75) is 26.7 Å². The summed E-state index contributed by atoms with van der Waals surface area (Å²) in [6, 6.07) is 6.10. The van der Waals surface area contributed by atoms with Crippen molar-refractivity contribution in [2.75, 3.05) is 19.8 Å². The summed E-state index contributed by atoms with van der Waals surface area (Å²) in [7, 11) is 0. The highest BCUT2D eigenvalue weighted by molar-refractivity contribution is 5.78. The Balaban J connectivity index is 2.11. The summed E-state index contributed by atoms with van der Waals surface area (Å²) >= 11 is 0. The Morgan fingerprint density at radius 3 is 2.89 bits per heavy atom. The number of halogens is 1. The van der Waals surface area contributed by atoms with Crippen LogP contribution in [0.4, 0.5) is 4.39 Å². The van der Waals surface area contributed by atoms with E-state index >= 15 is 0 Å². The molecule has 1 N–H and O–H groups in total. The number of amides is 1. The molecule has 0 radical (unpaired) electrons. The van der Waals surface area contributed by atoms with Gasteiger partial charge in [0.15, 0.2) is 0 Å². The van der Waals surface area contributed by atoms with Gasteiger partial charge in [-0.1, -0.05) is 26.0 Å². The third kappa shape index (κ3) is 7.57. The van der Waals surface area contributed by atoms with Crippen LogP contribution < -0.4 is 5.32 Å². The minimum atomic E-state index is -0.313. The van der Waals surface area contributed by atoms with Crippen molar-refractivity contribution in [3.8, 4) is 0 Å². The van der Waals surface area contributed by atoms with Gasteiger partial charge in [0.1, 0.15) is 5.82 Å². The predicted octanol–water partition coefficient (Wildman–Crippen LogP) is 2.55. The number of nitrogens with one attached hydrogen (secondary N) is 1. The van der Waals surface area contributed by atoms with E-state index in [2.05, 4.69) is 19.2 Å². The second kappa shape index (κ2) is 8.64. The molecule has 0 heterocycles. The Morgan fingerprint density at radius 2 is 2.21 bits per heavy atom. The fraction of sp³-hybridized carbons (Fsp3) is 0.533. The number of rotatable bonds is 8. The van der Waals surface area contributed by atoms with E-state index in [0.29, 0.717) is 24.6 Å². The maximum absolute atomic E-state index is 12.9. The maximum atomic E-state index is 12.9. The Labute approximate surface area is 114 Å². The molecule has 0 spiro atoms. The molecule has 0 unspecified atom stereocenters. The normalized spacial score (nSPS) is 10.7.